The van der Waals surface area contributed by atoms with Crippen molar-refractivity contribution in [2.75, 3.05) is 0 Å². The number of carbonyl (C=O) groups is 2. The molecule has 1 saturated carbocycles. The molecular weight excluding hydrogens is 316 g/mol. The molecule has 0 spiro atoms. The van der Waals surface area contributed by atoms with Gasteiger partial charge in [0.15, 0.2) is 5.56 Å². The zero-order valence-electron chi connectivity index (χ0n) is 14.4. The zero-order chi connectivity index (χ0) is 17.1. The Labute approximate surface area is 143 Å². The van der Waals surface area contributed by atoms with E-state index in [1.807, 2.05) is 6.92 Å². The summed E-state index contributed by atoms with van der Waals surface area (Å²) in [5, 5.41) is 0. The summed E-state index contributed by atoms with van der Waals surface area (Å²) < 4.78 is 9.48. The Morgan fingerprint density at radius 3 is 2.61 bits per heavy atom. The molecule has 4 nitrogen and oxygen atoms in total. The molecule has 0 radical (unpaired) electrons. The number of ether oxygens (including phenoxy) is 2. The Bertz CT molecular complexity index is 485. The molecule has 0 saturated heterocycles. The number of hydrogen-bond acceptors (Lipinski definition) is 4. The first-order chi connectivity index (χ1) is 10.8. The molecule has 2 aliphatic carbocycles. The summed E-state index contributed by atoms with van der Waals surface area (Å²) in [4.78, 5) is 23.8. The van der Waals surface area contributed by atoms with Gasteiger partial charge in [0.05, 0.1) is 5.92 Å². The van der Waals surface area contributed by atoms with Crippen LogP contribution in [0.3, 0.4) is 0 Å². The number of fused-ring (bicyclic) bond motifs is 1. The highest BCUT2D eigenvalue weighted by molar-refractivity contribution is 6.19. The fraction of sp³-hybridized carbons (Fsp3) is 0.778. The maximum absolute atomic E-state index is 12.3. The van der Waals surface area contributed by atoms with Crippen LogP contribution >= 0.6 is 11.6 Å². The fourth-order valence-electron chi connectivity index (χ4n) is 4.18. The summed E-state index contributed by atoms with van der Waals surface area (Å²) in [5.74, 6) is 1.10. The highest BCUT2D eigenvalue weighted by Gasteiger charge is 2.42. The van der Waals surface area contributed by atoms with Crippen LogP contribution < -0.4 is 0 Å². The standard InChI is InChI=1S/C18H27ClO4/c1-10-5-7-14-11(2)6-8-15(16(14)9-10)12(3)17(20)23-18(21)22-13(4)19/h9,11-16H,5-8H2,1-4H3. The minimum Gasteiger partial charge on any atom is -0.415 e. The molecule has 0 bridgehead atoms. The molecule has 0 aromatic carbocycles. The summed E-state index contributed by atoms with van der Waals surface area (Å²) in [6.07, 6.45) is 5.79. The van der Waals surface area contributed by atoms with Gasteiger partial charge in [0.25, 0.3) is 0 Å². The third-order valence-corrected chi connectivity index (χ3v) is 5.57. The van der Waals surface area contributed by atoms with E-state index in [4.69, 9.17) is 16.3 Å². The largest absolute Gasteiger partial charge is 0.517 e. The number of alkyl halides is 1. The smallest absolute Gasteiger partial charge is 0.415 e. The van der Waals surface area contributed by atoms with Crippen LogP contribution in [0.25, 0.3) is 0 Å². The third kappa shape index (κ3) is 4.50. The molecule has 0 amide bonds. The Balaban J connectivity index is 2.05. The van der Waals surface area contributed by atoms with E-state index in [1.54, 1.807) is 0 Å². The Hall–Kier alpha value is -1.03. The van der Waals surface area contributed by atoms with Crippen molar-refractivity contribution >= 4 is 23.7 Å². The highest BCUT2D eigenvalue weighted by atomic mass is 35.5. The van der Waals surface area contributed by atoms with Crippen LogP contribution in [0.2, 0.25) is 0 Å². The molecule has 5 heteroatoms. The molecule has 0 aromatic rings. The second-order valence-corrected chi connectivity index (χ2v) is 7.75. The molecule has 6 atom stereocenters. The molecule has 0 aromatic heterocycles. The van der Waals surface area contributed by atoms with Gasteiger partial charge in [0.2, 0.25) is 0 Å². The summed E-state index contributed by atoms with van der Waals surface area (Å²) in [6.45, 7) is 7.83. The zero-order valence-corrected chi connectivity index (χ0v) is 15.1. The number of halogens is 1. The van der Waals surface area contributed by atoms with Gasteiger partial charge in [-0.15, -0.1) is 0 Å². The third-order valence-electron chi connectivity index (χ3n) is 5.48. The molecular formula is C18H27ClO4. The minimum absolute atomic E-state index is 0.222. The van der Waals surface area contributed by atoms with Crippen LogP contribution in [-0.4, -0.2) is 17.7 Å². The van der Waals surface area contributed by atoms with Crippen molar-refractivity contribution in [3.63, 3.8) is 0 Å². The molecule has 6 unspecified atom stereocenters. The molecule has 1 fully saturated rings. The highest BCUT2D eigenvalue weighted by Crippen LogP contribution is 2.48. The van der Waals surface area contributed by atoms with E-state index in [0.29, 0.717) is 17.8 Å². The van der Waals surface area contributed by atoms with Crippen molar-refractivity contribution in [2.24, 2.45) is 29.6 Å². The molecule has 0 N–H and O–H groups in total. The van der Waals surface area contributed by atoms with Gasteiger partial charge >= 0.3 is 12.1 Å². The van der Waals surface area contributed by atoms with E-state index in [2.05, 4.69) is 24.7 Å². The number of carbonyl (C=O) groups excluding carboxylic acids is 2. The molecule has 0 heterocycles. The van der Waals surface area contributed by atoms with E-state index in [1.165, 1.54) is 18.9 Å². The van der Waals surface area contributed by atoms with Gasteiger partial charge in [0.1, 0.15) is 0 Å². The van der Waals surface area contributed by atoms with Crippen molar-refractivity contribution in [2.45, 2.75) is 58.9 Å². The minimum atomic E-state index is -1.01. The number of rotatable bonds is 3. The average Bonchev–Trinajstić information content (AvgIpc) is 2.45. The van der Waals surface area contributed by atoms with Crippen LogP contribution in [0.15, 0.2) is 11.6 Å². The lowest BCUT2D eigenvalue weighted by atomic mass is 9.60. The van der Waals surface area contributed by atoms with Crippen molar-refractivity contribution in [1.82, 2.24) is 0 Å². The van der Waals surface area contributed by atoms with Gasteiger partial charge in [-0.3, -0.25) is 4.79 Å². The van der Waals surface area contributed by atoms with Crippen molar-refractivity contribution in [3.8, 4) is 0 Å². The number of allylic oxidation sites excluding steroid dienone is 2. The Morgan fingerprint density at radius 1 is 1.26 bits per heavy atom. The molecule has 2 rings (SSSR count). The fourth-order valence-corrected chi connectivity index (χ4v) is 4.25. The van der Waals surface area contributed by atoms with Crippen LogP contribution in [0.5, 0.6) is 0 Å². The number of esters is 1. The Kier molecular flexibility index (Phi) is 6.12. The summed E-state index contributed by atoms with van der Waals surface area (Å²) in [7, 11) is 0. The maximum atomic E-state index is 12.3. The van der Waals surface area contributed by atoms with Crippen LogP contribution in [0, 0.1) is 29.6 Å². The van der Waals surface area contributed by atoms with E-state index < -0.39 is 17.7 Å². The van der Waals surface area contributed by atoms with Gasteiger partial charge in [-0.05, 0) is 56.8 Å². The second kappa shape index (κ2) is 7.69. The van der Waals surface area contributed by atoms with Gasteiger partial charge < -0.3 is 9.47 Å². The quantitative estimate of drug-likeness (QED) is 0.316. The van der Waals surface area contributed by atoms with Gasteiger partial charge in [0, 0.05) is 0 Å². The average molecular weight is 343 g/mol. The molecule has 2 aliphatic rings. The lowest BCUT2D eigenvalue weighted by molar-refractivity contribution is -0.147. The maximum Gasteiger partial charge on any atom is 0.517 e. The summed E-state index contributed by atoms with van der Waals surface area (Å²) in [6, 6.07) is 0. The lowest BCUT2D eigenvalue weighted by Crippen LogP contribution is -2.40. The monoisotopic (exact) mass is 342 g/mol. The van der Waals surface area contributed by atoms with Gasteiger partial charge in [-0.25, -0.2) is 4.79 Å². The van der Waals surface area contributed by atoms with E-state index in [9.17, 15) is 9.59 Å². The SMILES string of the molecule is CC1=CC2C(CC1)C(C)CCC2C(C)C(=O)OC(=O)OC(C)Cl. The molecule has 0 aliphatic heterocycles. The van der Waals surface area contributed by atoms with Crippen molar-refractivity contribution in [3.05, 3.63) is 11.6 Å². The van der Waals surface area contributed by atoms with E-state index in [-0.39, 0.29) is 11.8 Å². The van der Waals surface area contributed by atoms with Gasteiger partial charge in [-0.2, -0.15) is 0 Å². The van der Waals surface area contributed by atoms with Crippen LogP contribution in [0.4, 0.5) is 4.79 Å². The predicted molar refractivity (Wildman–Crippen MR) is 88.9 cm³/mol. The predicted octanol–water partition coefficient (Wildman–Crippen LogP) is 4.91. The van der Waals surface area contributed by atoms with Crippen molar-refractivity contribution in [1.29, 1.82) is 0 Å². The van der Waals surface area contributed by atoms with E-state index >= 15 is 0 Å². The summed E-state index contributed by atoms with van der Waals surface area (Å²) in [5.41, 5.74) is 0.593. The molecule has 130 valence electrons. The number of hydrogen-bond donors (Lipinski definition) is 0. The first-order valence-corrected chi connectivity index (χ1v) is 8.97. The first-order valence-electron chi connectivity index (χ1n) is 8.53. The lowest BCUT2D eigenvalue weighted by Gasteiger charge is -2.45. The van der Waals surface area contributed by atoms with Crippen LogP contribution in [0.1, 0.15) is 53.4 Å². The van der Waals surface area contributed by atoms with E-state index in [0.717, 1.165) is 19.3 Å². The normalized spacial score (nSPS) is 33.0. The van der Waals surface area contributed by atoms with Crippen LogP contribution in [-0.2, 0) is 14.3 Å². The second-order valence-electron chi connectivity index (χ2n) is 7.13. The summed E-state index contributed by atoms with van der Waals surface area (Å²) >= 11 is 5.57. The first kappa shape index (κ1) is 18.3. The van der Waals surface area contributed by atoms with Crippen molar-refractivity contribution < 1.29 is 19.1 Å². The molecule has 23 heavy (non-hydrogen) atoms. The van der Waals surface area contributed by atoms with Gasteiger partial charge in [-0.1, -0.05) is 43.5 Å². The topological polar surface area (TPSA) is 52.6 Å². The Morgan fingerprint density at radius 2 is 1.96 bits per heavy atom.